The van der Waals surface area contributed by atoms with Crippen molar-refractivity contribution < 1.29 is 9.53 Å². The molecule has 4 aromatic rings. The molecule has 0 bridgehead atoms. The molecule has 0 unspecified atom stereocenters. The van der Waals surface area contributed by atoms with Gasteiger partial charge in [0.1, 0.15) is 17.5 Å². The largest absolute Gasteiger partial charge is 0.489 e. The Hall–Kier alpha value is -3.41. The monoisotopic (exact) mass is 449 g/mol. The highest BCUT2D eigenvalue weighted by Gasteiger charge is 2.06. The predicted octanol–water partition coefficient (Wildman–Crippen LogP) is 5.88. The van der Waals surface area contributed by atoms with Crippen LogP contribution in [0.1, 0.15) is 21.5 Å². The van der Waals surface area contributed by atoms with Crippen LogP contribution in [-0.2, 0) is 6.61 Å². The van der Waals surface area contributed by atoms with Gasteiger partial charge in [0.25, 0.3) is 5.91 Å². The molecule has 1 heterocycles. The van der Waals surface area contributed by atoms with Crippen molar-refractivity contribution in [3.63, 3.8) is 0 Å². The van der Waals surface area contributed by atoms with Crippen molar-refractivity contribution in [1.82, 2.24) is 10.4 Å². The van der Waals surface area contributed by atoms with Gasteiger partial charge in [-0.25, -0.2) is 10.4 Å². The number of carbonyl (C=O) groups is 1. The smallest absolute Gasteiger partial charge is 0.271 e. The highest BCUT2D eigenvalue weighted by atomic mass is 35.5. The Bertz CT molecular complexity index is 1240. The van der Waals surface area contributed by atoms with E-state index < -0.39 is 0 Å². The van der Waals surface area contributed by atoms with Gasteiger partial charge in [0.15, 0.2) is 0 Å². The summed E-state index contributed by atoms with van der Waals surface area (Å²) in [5.41, 5.74) is 5.37. The van der Waals surface area contributed by atoms with E-state index in [0.29, 0.717) is 33.7 Å². The third kappa shape index (κ3) is 5.40. The van der Waals surface area contributed by atoms with Crippen LogP contribution in [0.25, 0.3) is 10.9 Å². The first kappa shape index (κ1) is 20.8. The molecule has 0 aliphatic carbocycles. The molecule has 0 aliphatic heterocycles. The van der Waals surface area contributed by atoms with Crippen molar-refractivity contribution in [3.05, 3.63) is 106 Å². The van der Waals surface area contributed by atoms with Gasteiger partial charge in [0.05, 0.1) is 11.7 Å². The topological polar surface area (TPSA) is 63.6 Å². The van der Waals surface area contributed by atoms with E-state index in [2.05, 4.69) is 15.5 Å². The number of para-hydroxylation sites is 1. The second-order valence-electron chi connectivity index (χ2n) is 6.70. The number of benzene rings is 3. The number of hydrazone groups is 1. The van der Waals surface area contributed by atoms with E-state index in [1.165, 1.54) is 6.21 Å². The SMILES string of the molecule is O=C(N/N=C\c1cc2ccccc2nc1Cl)c1ccc(OCc2ccc(Cl)cc2)cc1. The number of carbonyl (C=O) groups excluding carboxylic acids is 1. The average molecular weight is 450 g/mol. The Morgan fingerprint density at radius 3 is 2.52 bits per heavy atom. The quantitative estimate of drug-likeness (QED) is 0.227. The summed E-state index contributed by atoms with van der Waals surface area (Å²) in [4.78, 5) is 16.7. The minimum absolute atomic E-state index is 0.318. The fraction of sp³-hybridized carbons (Fsp3) is 0.0417. The van der Waals surface area contributed by atoms with E-state index in [0.717, 1.165) is 16.5 Å². The van der Waals surface area contributed by atoms with Crippen LogP contribution in [-0.4, -0.2) is 17.1 Å². The Morgan fingerprint density at radius 1 is 1.00 bits per heavy atom. The van der Waals surface area contributed by atoms with Gasteiger partial charge in [-0.1, -0.05) is 53.5 Å². The number of fused-ring (bicyclic) bond motifs is 1. The first-order valence-electron chi connectivity index (χ1n) is 9.44. The number of ether oxygens (including phenoxy) is 1. The third-order valence-electron chi connectivity index (χ3n) is 4.51. The maximum Gasteiger partial charge on any atom is 0.271 e. The molecule has 4 rings (SSSR count). The molecule has 1 N–H and O–H groups in total. The molecule has 3 aromatic carbocycles. The van der Waals surface area contributed by atoms with Crippen LogP contribution in [0.3, 0.4) is 0 Å². The van der Waals surface area contributed by atoms with Crippen molar-refractivity contribution >= 4 is 46.2 Å². The van der Waals surface area contributed by atoms with Gasteiger partial charge < -0.3 is 4.74 Å². The van der Waals surface area contributed by atoms with Crippen molar-refractivity contribution in [2.75, 3.05) is 0 Å². The van der Waals surface area contributed by atoms with E-state index in [9.17, 15) is 4.79 Å². The van der Waals surface area contributed by atoms with Crippen molar-refractivity contribution in [2.45, 2.75) is 6.61 Å². The summed E-state index contributed by atoms with van der Waals surface area (Å²) in [5.74, 6) is 0.314. The molecule has 1 aromatic heterocycles. The zero-order valence-corrected chi connectivity index (χ0v) is 17.8. The number of nitrogens with one attached hydrogen (secondary N) is 1. The fourth-order valence-electron chi connectivity index (χ4n) is 2.87. The number of hydrogen-bond acceptors (Lipinski definition) is 4. The van der Waals surface area contributed by atoms with Crippen LogP contribution in [0.2, 0.25) is 10.2 Å². The van der Waals surface area contributed by atoms with E-state index in [4.69, 9.17) is 27.9 Å². The number of aromatic nitrogens is 1. The Balaban J connectivity index is 1.35. The number of hydrogen-bond donors (Lipinski definition) is 1. The Labute approximate surface area is 189 Å². The fourth-order valence-corrected chi connectivity index (χ4v) is 3.19. The Morgan fingerprint density at radius 2 is 1.74 bits per heavy atom. The maximum atomic E-state index is 12.3. The lowest BCUT2D eigenvalue weighted by molar-refractivity contribution is 0.0955. The third-order valence-corrected chi connectivity index (χ3v) is 5.06. The molecular formula is C24H17Cl2N3O2. The van der Waals surface area contributed by atoms with E-state index >= 15 is 0 Å². The van der Waals surface area contributed by atoms with E-state index in [1.54, 1.807) is 24.3 Å². The van der Waals surface area contributed by atoms with Crippen molar-refractivity contribution in [3.8, 4) is 5.75 Å². The zero-order chi connectivity index (χ0) is 21.6. The van der Waals surface area contributed by atoms with Crippen LogP contribution in [0.5, 0.6) is 5.75 Å². The number of rotatable bonds is 6. The van der Waals surface area contributed by atoms with Gasteiger partial charge in [-0.05, 0) is 54.1 Å². The lowest BCUT2D eigenvalue weighted by Crippen LogP contribution is -2.17. The molecule has 0 fully saturated rings. The molecule has 0 radical (unpaired) electrons. The molecule has 0 saturated carbocycles. The van der Waals surface area contributed by atoms with Gasteiger partial charge in [0, 0.05) is 21.5 Å². The minimum Gasteiger partial charge on any atom is -0.489 e. The lowest BCUT2D eigenvalue weighted by atomic mass is 10.2. The molecule has 31 heavy (non-hydrogen) atoms. The number of nitrogens with zero attached hydrogens (tertiary/aromatic N) is 2. The summed E-state index contributed by atoms with van der Waals surface area (Å²) < 4.78 is 5.73. The van der Waals surface area contributed by atoms with Crippen LogP contribution in [0.15, 0.2) is 84.0 Å². The standard InChI is InChI=1S/C24H17Cl2N3O2/c25-20-9-5-16(6-10-20)15-31-21-11-7-17(8-12-21)24(30)29-27-14-19-13-18-3-1-2-4-22(18)28-23(19)26/h1-14H,15H2,(H,29,30)/b27-14-. The zero-order valence-electron chi connectivity index (χ0n) is 16.3. The molecule has 0 spiro atoms. The summed E-state index contributed by atoms with van der Waals surface area (Å²) in [6, 6.07) is 23.8. The highest BCUT2D eigenvalue weighted by Crippen LogP contribution is 2.19. The average Bonchev–Trinajstić information content (AvgIpc) is 2.79. The number of pyridine rings is 1. The summed E-state index contributed by atoms with van der Waals surface area (Å²) in [5, 5.41) is 5.94. The van der Waals surface area contributed by atoms with Gasteiger partial charge >= 0.3 is 0 Å². The van der Waals surface area contributed by atoms with Crippen LogP contribution in [0, 0.1) is 0 Å². The normalized spacial score (nSPS) is 11.0. The second-order valence-corrected chi connectivity index (χ2v) is 7.49. The maximum absolute atomic E-state index is 12.3. The Kier molecular flexibility index (Phi) is 6.46. The van der Waals surface area contributed by atoms with Crippen molar-refractivity contribution in [1.29, 1.82) is 0 Å². The lowest BCUT2D eigenvalue weighted by Gasteiger charge is -2.07. The number of halogens is 2. The highest BCUT2D eigenvalue weighted by molar-refractivity contribution is 6.32. The van der Waals surface area contributed by atoms with Gasteiger partial charge in [-0.2, -0.15) is 5.10 Å². The molecule has 0 aliphatic rings. The first-order chi connectivity index (χ1) is 15.1. The van der Waals surface area contributed by atoms with Crippen LogP contribution < -0.4 is 10.2 Å². The molecule has 5 nitrogen and oxygen atoms in total. The molecule has 154 valence electrons. The summed E-state index contributed by atoms with van der Waals surface area (Å²) in [6.45, 7) is 0.410. The molecule has 0 atom stereocenters. The summed E-state index contributed by atoms with van der Waals surface area (Å²) in [6.07, 6.45) is 1.48. The molecule has 1 amide bonds. The molecule has 7 heteroatoms. The van der Waals surface area contributed by atoms with Gasteiger partial charge in [-0.15, -0.1) is 0 Å². The predicted molar refractivity (Wildman–Crippen MR) is 124 cm³/mol. The molecule has 0 saturated heterocycles. The number of amides is 1. The summed E-state index contributed by atoms with van der Waals surface area (Å²) >= 11 is 12.1. The second kappa shape index (κ2) is 9.60. The van der Waals surface area contributed by atoms with Crippen LogP contribution >= 0.6 is 23.2 Å². The van der Waals surface area contributed by atoms with Gasteiger partial charge in [0.2, 0.25) is 0 Å². The van der Waals surface area contributed by atoms with Crippen molar-refractivity contribution in [2.24, 2.45) is 5.10 Å². The summed E-state index contributed by atoms with van der Waals surface area (Å²) in [7, 11) is 0. The van der Waals surface area contributed by atoms with Gasteiger partial charge in [-0.3, -0.25) is 4.79 Å². The molecular weight excluding hydrogens is 433 g/mol. The van der Waals surface area contributed by atoms with Crippen LogP contribution in [0.4, 0.5) is 0 Å². The van der Waals surface area contributed by atoms with E-state index in [-0.39, 0.29) is 5.91 Å². The van der Waals surface area contributed by atoms with E-state index in [1.807, 2.05) is 54.6 Å². The first-order valence-corrected chi connectivity index (χ1v) is 10.2. The minimum atomic E-state index is -0.342.